The summed E-state index contributed by atoms with van der Waals surface area (Å²) in [7, 11) is 0. The number of nitrogens with zero attached hydrogens (tertiary/aromatic N) is 1. The molecule has 0 spiro atoms. The molecule has 1 heterocycles. The lowest BCUT2D eigenvalue weighted by atomic mass is 9.71. The zero-order valence-corrected chi connectivity index (χ0v) is 11.8. The first-order valence-electron chi connectivity index (χ1n) is 6.73. The third kappa shape index (κ3) is 2.52. The van der Waals surface area contributed by atoms with Crippen molar-refractivity contribution in [3.05, 3.63) is 0 Å². The molecular formula is C14H23NO3. The molecule has 2 aliphatic rings. The maximum absolute atomic E-state index is 12.2. The topological polar surface area (TPSA) is 46.6 Å². The van der Waals surface area contributed by atoms with E-state index in [1.165, 1.54) is 0 Å². The number of ketones is 1. The molecule has 4 heteroatoms. The van der Waals surface area contributed by atoms with Crippen molar-refractivity contribution in [1.29, 1.82) is 0 Å². The fraction of sp³-hybridized carbons (Fsp3) is 0.857. The van der Waals surface area contributed by atoms with Crippen LogP contribution in [0, 0.1) is 5.41 Å². The SMILES string of the molecule is CC(C)(C)OC(=O)N1CCC2(C)CC(=O)CCC12. The van der Waals surface area contributed by atoms with E-state index in [2.05, 4.69) is 6.92 Å². The first-order valence-corrected chi connectivity index (χ1v) is 6.73. The van der Waals surface area contributed by atoms with Crippen molar-refractivity contribution in [2.45, 2.75) is 65.0 Å². The van der Waals surface area contributed by atoms with E-state index in [4.69, 9.17) is 4.74 Å². The highest BCUT2D eigenvalue weighted by molar-refractivity contribution is 5.81. The number of rotatable bonds is 0. The quantitative estimate of drug-likeness (QED) is 0.667. The van der Waals surface area contributed by atoms with E-state index < -0.39 is 5.60 Å². The summed E-state index contributed by atoms with van der Waals surface area (Å²) in [5, 5.41) is 0. The van der Waals surface area contributed by atoms with Crippen molar-refractivity contribution in [2.24, 2.45) is 5.41 Å². The summed E-state index contributed by atoms with van der Waals surface area (Å²) in [6, 6.07) is 0.171. The van der Waals surface area contributed by atoms with Crippen molar-refractivity contribution < 1.29 is 14.3 Å². The molecule has 0 radical (unpaired) electrons. The second kappa shape index (κ2) is 4.25. The first-order chi connectivity index (χ1) is 8.21. The van der Waals surface area contributed by atoms with E-state index in [0.717, 1.165) is 12.8 Å². The van der Waals surface area contributed by atoms with Crippen LogP contribution in [0.15, 0.2) is 0 Å². The summed E-state index contributed by atoms with van der Waals surface area (Å²) < 4.78 is 5.44. The summed E-state index contributed by atoms with van der Waals surface area (Å²) in [5.41, 5.74) is -0.493. The second-order valence-electron chi connectivity index (χ2n) is 6.85. The van der Waals surface area contributed by atoms with Crippen molar-refractivity contribution in [1.82, 2.24) is 4.90 Å². The van der Waals surface area contributed by atoms with Crippen LogP contribution in [-0.2, 0) is 9.53 Å². The fourth-order valence-electron chi connectivity index (χ4n) is 3.16. The molecule has 18 heavy (non-hydrogen) atoms. The molecule has 0 aromatic rings. The van der Waals surface area contributed by atoms with Crippen LogP contribution in [0.25, 0.3) is 0 Å². The Morgan fingerprint density at radius 1 is 1.44 bits per heavy atom. The molecule has 102 valence electrons. The van der Waals surface area contributed by atoms with Gasteiger partial charge in [-0.2, -0.15) is 0 Å². The average Bonchev–Trinajstić information content (AvgIpc) is 2.51. The van der Waals surface area contributed by atoms with Crippen LogP contribution >= 0.6 is 0 Å². The predicted molar refractivity (Wildman–Crippen MR) is 68.3 cm³/mol. The molecule has 0 bridgehead atoms. The average molecular weight is 253 g/mol. The maximum atomic E-state index is 12.2. The third-order valence-electron chi connectivity index (χ3n) is 4.03. The Kier molecular flexibility index (Phi) is 3.16. The lowest BCUT2D eigenvalue weighted by Crippen LogP contribution is -2.46. The Balaban J connectivity index is 2.09. The summed E-state index contributed by atoms with van der Waals surface area (Å²) in [6.07, 6.45) is 2.67. The molecule has 0 aromatic heterocycles. The van der Waals surface area contributed by atoms with Gasteiger partial charge in [0.1, 0.15) is 11.4 Å². The second-order valence-corrected chi connectivity index (χ2v) is 6.85. The molecule has 2 atom stereocenters. The summed E-state index contributed by atoms with van der Waals surface area (Å²) in [6.45, 7) is 8.47. The number of carbonyl (C=O) groups excluding carboxylic acids is 2. The van der Waals surface area contributed by atoms with Gasteiger partial charge in [0.05, 0.1) is 0 Å². The van der Waals surface area contributed by atoms with E-state index in [-0.39, 0.29) is 17.6 Å². The number of amides is 1. The smallest absolute Gasteiger partial charge is 0.410 e. The van der Waals surface area contributed by atoms with Crippen molar-refractivity contribution in [3.63, 3.8) is 0 Å². The van der Waals surface area contributed by atoms with E-state index in [1.54, 1.807) is 0 Å². The Morgan fingerprint density at radius 3 is 2.72 bits per heavy atom. The van der Waals surface area contributed by atoms with Crippen LogP contribution < -0.4 is 0 Å². The molecule has 1 aliphatic heterocycles. The van der Waals surface area contributed by atoms with Gasteiger partial charge in [0.25, 0.3) is 0 Å². The zero-order chi connectivity index (χ0) is 13.6. The Hall–Kier alpha value is -1.06. The highest BCUT2D eigenvalue weighted by atomic mass is 16.6. The summed E-state index contributed by atoms with van der Waals surface area (Å²) in [4.78, 5) is 25.6. The van der Waals surface area contributed by atoms with Gasteiger partial charge in [-0.1, -0.05) is 6.92 Å². The standard InChI is InChI=1S/C14H23NO3/c1-13(2,3)18-12(17)15-8-7-14(4)9-10(16)5-6-11(14)15/h11H,5-9H2,1-4H3. The minimum atomic E-state index is -0.458. The van der Waals surface area contributed by atoms with Gasteiger partial charge in [0.2, 0.25) is 0 Å². The molecule has 0 aromatic carbocycles. The van der Waals surface area contributed by atoms with Gasteiger partial charge in [-0.25, -0.2) is 4.79 Å². The Morgan fingerprint density at radius 2 is 2.11 bits per heavy atom. The Bertz CT molecular complexity index is 372. The number of hydrogen-bond acceptors (Lipinski definition) is 3. The van der Waals surface area contributed by atoms with Gasteiger partial charge in [-0.15, -0.1) is 0 Å². The fourth-order valence-corrected chi connectivity index (χ4v) is 3.16. The minimum absolute atomic E-state index is 0.0355. The monoisotopic (exact) mass is 253 g/mol. The van der Waals surface area contributed by atoms with E-state index in [0.29, 0.717) is 25.2 Å². The molecule has 1 saturated carbocycles. The van der Waals surface area contributed by atoms with Crippen LogP contribution in [0.1, 0.15) is 53.4 Å². The maximum Gasteiger partial charge on any atom is 0.410 e. The van der Waals surface area contributed by atoms with E-state index >= 15 is 0 Å². The van der Waals surface area contributed by atoms with Crippen LogP contribution in [0.4, 0.5) is 4.79 Å². The van der Waals surface area contributed by atoms with Gasteiger partial charge in [-0.3, -0.25) is 4.79 Å². The number of fused-ring (bicyclic) bond motifs is 1. The largest absolute Gasteiger partial charge is 0.444 e. The summed E-state index contributed by atoms with van der Waals surface area (Å²) >= 11 is 0. The van der Waals surface area contributed by atoms with E-state index in [9.17, 15) is 9.59 Å². The van der Waals surface area contributed by atoms with Gasteiger partial charge in [0, 0.05) is 25.4 Å². The number of hydrogen-bond donors (Lipinski definition) is 0. The lowest BCUT2D eigenvalue weighted by Gasteiger charge is -2.38. The van der Waals surface area contributed by atoms with Crippen molar-refractivity contribution >= 4 is 11.9 Å². The summed E-state index contributed by atoms with van der Waals surface area (Å²) in [5.74, 6) is 0.333. The van der Waals surface area contributed by atoms with Gasteiger partial charge in [-0.05, 0) is 39.0 Å². The number of Topliss-reactive ketones (excluding diaryl/α,β-unsaturated/α-hetero) is 1. The predicted octanol–water partition coefficient (Wildman–Crippen LogP) is 2.76. The highest BCUT2D eigenvalue weighted by Gasteiger charge is 2.49. The van der Waals surface area contributed by atoms with Crippen molar-refractivity contribution in [2.75, 3.05) is 6.54 Å². The molecule has 4 nitrogen and oxygen atoms in total. The minimum Gasteiger partial charge on any atom is -0.444 e. The van der Waals surface area contributed by atoms with Gasteiger partial charge in [0.15, 0.2) is 0 Å². The number of likely N-dealkylation sites (tertiary alicyclic amines) is 1. The molecule has 2 rings (SSSR count). The third-order valence-corrected chi connectivity index (χ3v) is 4.03. The van der Waals surface area contributed by atoms with Gasteiger partial charge >= 0.3 is 6.09 Å². The van der Waals surface area contributed by atoms with Crippen molar-refractivity contribution in [3.8, 4) is 0 Å². The number of carbonyl (C=O) groups is 2. The number of ether oxygens (including phenoxy) is 1. The Labute approximate surface area is 109 Å². The lowest BCUT2D eigenvalue weighted by molar-refractivity contribution is -0.124. The van der Waals surface area contributed by atoms with Gasteiger partial charge < -0.3 is 9.64 Å². The normalized spacial score (nSPS) is 32.3. The van der Waals surface area contributed by atoms with Crippen LogP contribution in [0.5, 0.6) is 0 Å². The van der Waals surface area contributed by atoms with Crippen LogP contribution in [0.2, 0.25) is 0 Å². The molecule has 1 aliphatic carbocycles. The molecule has 1 amide bonds. The molecular weight excluding hydrogens is 230 g/mol. The van der Waals surface area contributed by atoms with Crippen LogP contribution in [-0.4, -0.2) is 35.0 Å². The highest BCUT2D eigenvalue weighted by Crippen LogP contribution is 2.45. The molecule has 2 fully saturated rings. The molecule has 0 N–H and O–H groups in total. The van der Waals surface area contributed by atoms with E-state index in [1.807, 2.05) is 25.7 Å². The van der Waals surface area contributed by atoms with Crippen LogP contribution in [0.3, 0.4) is 0 Å². The molecule has 2 unspecified atom stereocenters. The first kappa shape index (κ1) is 13.4. The molecule has 1 saturated heterocycles. The zero-order valence-electron chi connectivity index (χ0n) is 11.8.